The Kier molecular flexibility index (Phi) is 5.66. The Labute approximate surface area is 193 Å². The molecule has 4 rings (SSSR count). The lowest BCUT2D eigenvalue weighted by molar-refractivity contribution is -0.137. The van der Waals surface area contributed by atoms with Crippen molar-refractivity contribution in [1.82, 2.24) is 0 Å². The average Bonchev–Trinajstić information content (AvgIpc) is 3.13. The Balaban J connectivity index is 1.99. The van der Waals surface area contributed by atoms with E-state index in [1.807, 2.05) is 12.1 Å². The summed E-state index contributed by atoms with van der Waals surface area (Å²) in [6, 6.07) is 8.63. The minimum atomic E-state index is -4.59. The van der Waals surface area contributed by atoms with Crippen LogP contribution in [0.25, 0.3) is 0 Å². The third-order valence-electron chi connectivity index (χ3n) is 5.31. The number of rotatable bonds is 2. The topological polar surface area (TPSA) is 70.1 Å². The Bertz CT molecular complexity index is 1200. The number of allylic oxidation sites excluding steroid dienone is 3. The zero-order valence-corrected chi connectivity index (χ0v) is 18.9. The van der Waals surface area contributed by atoms with Gasteiger partial charge in [-0.25, -0.2) is 0 Å². The van der Waals surface area contributed by atoms with E-state index in [0.717, 1.165) is 26.9 Å². The number of hydrogen-bond acceptors (Lipinski definition) is 5. The van der Waals surface area contributed by atoms with Gasteiger partial charge in [-0.05, 0) is 59.1 Å². The molecule has 0 saturated carbocycles. The fourth-order valence-corrected chi connectivity index (χ4v) is 5.74. The first-order chi connectivity index (χ1) is 14.6. The largest absolute Gasteiger partial charge is 0.416 e. The van der Waals surface area contributed by atoms with Crippen molar-refractivity contribution in [2.45, 2.75) is 31.4 Å². The molecule has 1 aliphatic heterocycles. The van der Waals surface area contributed by atoms with Crippen molar-refractivity contribution in [3.8, 4) is 6.07 Å². The monoisotopic (exact) mass is 527 g/mol. The number of halogens is 5. The van der Waals surface area contributed by atoms with Crippen LogP contribution in [0.4, 0.5) is 18.9 Å². The summed E-state index contributed by atoms with van der Waals surface area (Å²) in [5, 5.41) is 9.96. The predicted molar refractivity (Wildman–Crippen MR) is 116 cm³/mol. The van der Waals surface area contributed by atoms with Crippen molar-refractivity contribution in [1.29, 1.82) is 5.26 Å². The van der Waals surface area contributed by atoms with Crippen molar-refractivity contribution in [3.63, 3.8) is 0 Å². The van der Waals surface area contributed by atoms with Gasteiger partial charge in [0, 0.05) is 22.6 Å². The maximum absolute atomic E-state index is 13.4. The van der Waals surface area contributed by atoms with Crippen LogP contribution in [0.5, 0.6) is 0 Å². The highest BCUT2D eigenvalue weighted by atomic mass is 79.9. The van der Waals surface area contributed by atoms with Crippen LogP contribution in [-0.2, 0) is 11.0 Å². The summed E-state index contributed by atoms with van der Waals surface area (Å²) in [5.41, 5.74) is 6.46. The van der Waals surface area contributed by atoms with E-state index >= 15 is 0 Å². The molecule has 2 aliphatic rings. The average molecular weight is 529 g/mol. The third kappa shape index (κ3) is 3.77. The normalized spacial score (nSPS) is 19.5. The van der Waals surface area contributed by atoms with Gasteiger partial charge in [-0.1, -0.05) is 11.6 Å². The van der Waals surface area contributed by atoms with Crippen LogP contribution in [-0.4, -0.2) is 5.78 Å². The molecule has 1 aliphatic carbocycles. The number of ketones is 1. The molecule has 0 fully saturated rings. The van der Waals surface area contributed by atoms with Crippen LogP contribution in [0, 0.1) is 11.3 Å². The van der Waals surface area contributed by atoms with E-state index in [1.54, 1.807) is 0 Å². The van der Waals surface area contributed by atoms with Gasteiger partial charge in [0.1, 0.15) is 5.82 Å². The van der Waals surface area contributed by atoms with Crippen molar-refractivity contribution >= 4 is 50.3 Å². The van der Waals surface area contributed by atoms with Crippen molar-refractivity contribution in [3.05, 3.63) is 72.2 Å². The maximum atomic E-state index is 13.4. The fourth-order valence-electron chi connectivity index (χ4n) is 3.99. The first kappa shape index (κ1) is 21.9. The Hall–Kier alpha value is -2.28. The SMILES string of the molecule is N#CC1=C(N)N(c2cc(C(F)(F)F)ccc2Cl)C2=C(C(=O)CCC2)[C@H]1c1ccc(Br)s1. The number of alkyl halides is 3. The number of thiophene rings is 1. The lowest BCUT2D eigenvalue weighted by Gasteiger charge is -2.39. The highest BCUT2D eigenvalue weighted by Crippen LogP contribution is 2.49. The molecule has 2 aromatic rings. The third-order valence-corrected chi connectivity index (χ3v) is 7.31. The quantitative estimate of drug-likeness (QED) is 0.484. The molecule has 0 unspecified atom stereocenters. The first-order valence-electron chi connectivity index (χ1n) is 9.21. The standard InChI is InChI=1S/C21H14BrClF3N3OS/c22-17-7-6-16(31-17)18-11(9-27)20(28)29(13-2-1-3-15(30)19(13)18)14-8-10(21(24,25)26)4-5-12(14)23/h4-8,18H,1-3,28H2/t18-/m1/s1. The number of nitrogens with two attached hydrogens (primary N) is 1. The molecular weight excluding hydrogens is 515 g/mol. The first-order valence-corrected chi connectivity index (χ1v) is 11.2. The van der Waals surface area contributed by atoms with E-state index in [2.05, 4.69) is 22.0 Å². The smallest absolute Gasteiger partial charge is 0.384 e. The number of hydrogen-bond donors (Lipinski definition) is 1. The van der Waals surface area contributed by atoms with E-state index in [0.29, 0.717) is 30.5 Å². The molecule has 4 nitrogen and oxygen atoms in total. The van der Waals surface area contributed by atoms with Crippen molar-refractivity contribution < 1.29 is 18.0 Å². The van der Waals surface area contributed by atoms with E-state index in [9.17, 15) is 23.2 Å². The summed E-state index contributed by atoms with van der Waals surface area (Å²) in [6.45, 7) is 0. The van der Waals surface area contributed by atoms with Crippen LogP contribution in [0.2, 0.25) is 5.02 Å². The van der Waals surface area contributed by atoms with Gasteiger partial charge >= 0.3 is 6.18 Å². The number of carbonyl (C=O) groups excluding carboxylic acids is 1. The Morgan fingerprint density at radius 1 is 1.26 bits per heavy atom. The summed E-state index contributed by atoms with van der Waals surface area (Å²) in [7, 11) is 0. The summed E-state index contributed by atoms with van der Waals surface area (Å²) < 4.78 is 40.9. The molecule has 31 heavy (non-hydrogen) atoms. The van der Waals surface area contributed by atoms with Crippen LogP contribution >= 0.6 is 38.9 Å². The molecule has 2 heterocycles. The van der Waals surface area contributed by atoms with Gasteiger partial charge in [-0.3, -0.25) is 9.69 Å². The Morgan fingerprint density at radius 2 is 2.00 bits per heavy atom. The van der Waals surface area contributed by atoms with Gasteiger partial charge in [0.25, 0.3) is 0 Å². The summed E-state index contributed by atoms with van der Waals surface area (Å²) >= 11 is 11.1. The van der Waals surface area contributed by atoms with Crippen LogP contribution < -0.4 is 10.6 Å². The minimum Gasteiger partial charge on any atom is -0.384 e. The molecule has 1 aromatic heterocycles. The number of benzene rings is 1. The van der Waals surface area contributed by atoms with E-state index in [4.69, 9.17) is 17.3 Å². The van der Waals surface area contributed by atoms with Crippen LogP contribution in [0.15, 0.2) is 56.8 Å². The molecule has 0 saturated heterocycles. The van der Waals surface area contributed by atoms with Gasteiger partial charge in [0.05, 0.1) is 37.6 Å². The molecule has 0 amide bonds. The molecule has 2 N–H and O–H groups in total. The molecule has 1 atom stereocenters. The summed E-state index contributed by atoms with van der Waals surface area (Å²) in [5.74, 6) is -0.833. The predicted octanol–water partition coefficient (Wildman–Crippen LogP) is 6.49. The van der Waals surface area contributed by atoms with Gasteiger partial charge < -0.3 is 5.73 Å². The van der Waals surface area contributed by atoms with E-state index in [-0.39, 0.29) is 27.9 Å². The molecule has 10 heteroatoms. The second-order valence-corrected chi connectivity index (χ2v) is 10.0. The number of nitriles is 1. The highest BCUT2D eigenvalue weighted by molar-refractivity contribution is 9.11. The molecule has 0 radical (unpaired) electrons. The zero-order chi connectivity index (χ0) is 22.5. The molecule has 160 valence electrons. The zero-order valence-electron chi connectivity index (χ0n) is 15.8. The van der Waals surface area contributed by atoms with Crippen molar-refractivity contribution in [2.24, 2.45) is 5.73 Å². The number of carbonyl (C=O) groups is 1. The second kappa shape index (κ2) is 8.01. The van der Waals surface area contributed by atoms with E-state index < -0.39 is 17.7 Å². The number of Topliss-reactive ketones (excluding diaryl/α,β-unsaturated/α-hetero) is 1. The molecular formula is C21H14BrClF3N3OS. The summed E-state index contributed by atoms with van der Waals surface area (Å²) in [4.78, 5) is 15.1. The van der Waals surface area contributed by atoms with Crippen LogP contribution in [0.3, 0.4) is 0 Å². The van der Waals surface area contributed by atoms with Gasteiger partial charge in [-0.2, -0.15) is 18.4 Å². The van der Waals surface area contributed by atoms with Crippen molar-refractivity contribution in [2.75, 3.05) is 4.90 Å². The lowest BCUT2D eigenvalue weighted by Crippen LogP contribution is -2.38. The highest BCUT2D eigenvalue weighted by Gasteiger charge is 2.42. The van der Waals surface area contributed by atoms with E-state index in [1.165, 1.54) is 16.2 Å². The van der Waals surface area contributed by atoms with Crippen LogP contribution in [0.1, 0.15) is 35.6 Å². The minimum absolute atomic E-state index is 0.00486. The van der Waals surface area contributed by atoms with Gasteiger partial charge in [0.2, 0.25) is 0 Å². The second-order valence-electron chi connectivity index (χ2n) is 7.12. The molecule has 1 aromatic carbocycles. The lowest BCUT2D eigenvalue weighted by atomic mass is 9.78. The fraction of sp³-hybridized carbons (Fsp3) is 0.238. The molecule has 0 spiro atoms. The number of anilines is 1. The number of nitrogens with zero attached hydrogens (tertiary/aromatic N) is 2. The van der Waals surface area contributed by atoms with Gasteiger partial charge in [0.15, 0.2) is 5.78 Å². The maximum Gasteiger partial charge on any atom is 0.416 e. The molecule has 0 bridgehead atoms. The Morgan fingerprint density at radius 3 is 2.61 bits per heavy atom. The van der Waals surface area contributed by atoms with Gasteiger partial charge in [-0.15, -0.1) is 11.3 Å². The summed E-state index contributed by atoms with van der Waals surface area (Å²) in [6.07, 6.45) is -3.33.